The lowest BCUT2D eigenvalue weighted by molar-refractivity contribution is -0.116. The lowest BCUT2D eigenvalue weighted by atomic mass is 10.0. The first kappa shape index (κ1) is 17.5. The van der Waals surface area contributed by atoms with Crippen molar-refractivity contribution in [3.05, 3.63) is 24.3 Å². The molecule has 3 atom stereocenters. The topological polar surface area (TPSA) is 70.6 Å². The third kappa shape index (κ3) is 6.14. The number of ether oxygens (including phenoxy) is 1. The largest absolute Gasteiger partial charge is 0.497 e. The number of aliphatic hydroxyl groups excluding tert-OH is 1. The van der Waals surface area contributed by atoms with Crippen molar-refractivity contribution < 1.29 is 14.6 Å². The third-order valence-electron chi connectivity index (χ3n) is 3.55. The Balaban J connectivity index is 2.41. The van der Waals surface area contributed by atoms with Gasteiger partial charge in [0.25, 0.3) is 0 Å². The Morgan fingerprint density at radius 2 is 1.86 bits per heavy atom. The SMILES string of the molecule is COc1ccc(NC(=O)CC(C)NC(C)C(C)CO)cc1. The Labute approximate surface area is 126 Å². The van der Waals surface area contributed by atoms with Crippen LogP contribution in [0.2, 0.25) is 0 Å². The molecule has 3 unspecified atom stereocenters. The minimum atomic E-state index is -0.0379. The van der Waals surface area contributed by atoms with Crippen LogP contribution in [0.5, 0.6) is 5.75 Å². The number of nitrogens with one attached hydrogen (secondary N) is 2. The molecular weight excluding hydrogens is 268 g/mol. The van der Waals surface area contributed by atoms with Gasteiger partial charge >= 0.3 is 0 Å². The molecule has 0 heterocycles. The summed E-state index contributed by atoms with van der Waals surface area (Å²) in [5, 5.41) is 15.3. The van der Waals surface area contributed by atoms with Crippen molar-refractivity contribution in [2.24, 2.45) is 5.92 Å². The highest BCUT2D eigenvalue weighted by Gasteiger charge is 2.16. The summed E-state index contributed by atoms with van der Waals surface area (Å²) >= 11 is 0. The van der Waals surface area contributed by atoms with Crippen molar-refractivity contribution >= 4 is 11.6 Å². The average molecular weight is 294 g/mol. The number of carbonyl (C=O) groups excluding carboxylic acids is 1. The smallest absolute Gasteiger partial charge is 0.225 e. The van der Waals surface area contributed by atoms with Gasteiger partial charge in [-0.25, -0.2) is 0 Å². The zero-order chi connectivity index (χ0) is 15.8. The number of anilines is 1. The Bertz CT molecular complexity index is 434. The number of amides is 1. The van der Waals surface area contributed by atoms with Gasteiger partial charge in [-0.15, -0.1) is 0 Å². The van der Waals surface area contributed by atoms with Crippen LogP contribution in [0.15, 0.2) is 24.3 Å². The zero-order valence-electron chi connectivity index (χ0n) is 13.2. The fraction of sp³-hybridized carbons (Fsp3) is 0.562. The second-order valence-electron chi connectivity index (χ2n) is 5.50. The Morgan fingerprint density at radius 3 is 2.38 bits per heavy atom. The molecule has 1 amide bonds. The summed E-state index contributed by atoms with van der Waals surface area (Å²) in [7, 11) is 1.61. The molecule has 0 spiro atoms. The van der Waals surface area contributed by atoms with E-state index < -0.39 is 0 Å². The van der Waals surface area contributed by atoms with Gasteiger partial charge < -0.3 is 20.5 Å². The summed E-state index contributed by atoms with van der Waals surface area (Å²) < 4.78 is 5.07. The molecule has 0 aliphatic carbocycles. The van der Waals surface area contributed by atoms with Gasteiger partial charge in [0.1, 0.15) is 5.75 Å². The van der Waals surface area contributed by atoms with Crippen molar-refractivity contribution in [1.29, 1.82) is 0 Å². The van der Waals surface area contributed by atoms with Crippen molar-refractivity contribution in [3.63, 3.8) is 0 Å². The van der Waals surface area contributed by atoms with E-state index in [0.717, 1.165) is 11.4 Å². The zero-order valence-corrected chi connectivity index (χ0v) is 13.2. The number of hydrogen-bond donors (Lipinski definition) is 3. The van der Waals surface area contributed by atoms with Gasteiger partial charge in [0.05, 0.1) is 7.11 Å². The number of benzene rings is 1. The minimum Gasteiger partial charge on any atom is -0.497 e. The van der Waals surface area contributed by atoms with Crippen molar-refractivity contribution in [2.75, 3.05) is 19.0 Å². The van der Waals surface area contributed by atoms with Crippen LogP contribution in [0.4, 0.5) is 5.69 Å². The van der Waals surface area contributed by atoms with Crippen molar-refractivity contribution in [2.45, 2.75) is 39.3 Å². The van der Waals surface area contributed by atoms with Crippen molar-refractivity contribution in [1.82, 2.24) is 5.32 Å². The summed E-state index contributed by atoms with van der Waals surface area (Å²) in [6.07, 6.45) is 0.383. The highest BCUT2D eigenvalue weighted by atomic mass is 16.5. The first-order chi connectivity index (χ1) is 9.96. The summed E-state index contributed by atoms with van der Waals surface area (Å²) in [5.74, 6) is 0.885. The maximum Gasteiger partial charge on any atom is 0.225 e. The van der Waals surface area contributed by atoms with Crippen LogP contribution < -0.4 is 15.4 Å². The molecular formula is C16H26N2O3. The van der Waals surface area contributed by atoms with Gasteiger partial charge in [-0.05, 0) is 44.0 Å². The number of hydrogen-bond acceptors (Lipinski definition) is 4. The first-order valence-electron chi connectivity index (χ1n) is 7.27. The minimum absolute atomic E-state index is 0.0379. The maximum absolute atomic E-state index is 12.0. The summed E-state index contributed by atoms with van der Waals surface area (Å²) in [6.45, 7) is 6.09. The molecule has 1 aromatic carbocycles. The van der Waals surface area contributed by atoms with E-state index in [-0.39, 0.29) is 30.5 Å². The van der Waals surface area contributed by atoms with Crippen LogP contribution in [0.1, 0.15) is 27.2 Å². The molecule has 118 valence electrons. The number of methoxy groups -OCH3 is 1. The van der Waals surface area contributed by atoms with Gasteiger partial charge in [0.15, 0.2) is 0 Å². The quantitative estimate of drug-likeness (QED) is 0.686. The van der Waals surface area contributed by atoms with Crippen LogP contribution in [0, 0.1) is 5.92 Å². The molecule has 0 fully saturated rings. The second-order valence-corrected chi connectivity index (χ2v) is 5.50. The second kappa shape index (κ2) is 8.64. The van der Waals surface area contributed by atoms with Gasteiger partial charge in [0.2, 0.25) is 5.91 Å². The van der Waals surface area contributed by atoms with Crippen LogP contribution >= 0.6 is 0 Å². The standard InChI is InChI=1S/C16H26N2O3/c1-11(10-19)13(3)17-12(2)9-16(20)18-14-5-7-15(21-4)8-6-14/h5-8,11-13,17,19H,9-10H2,1-4H3,(H,18,20). The van der Waals surface area contributed by atoms with Gasteiger partial charge in [-0.1, -0.05) is 6.92 Å². The molecule has 0 bridgehead atoms. The van der Waals surface area contributed by atoms with Crippen LogP contribution in [-0.4, -0.2) is 36.8 Å². The van der Waals surface area contributed by atoms with Crippen LogP contribution in [0.25, 0.3) is 0 Å². The van der Waals surface area contributed by atoms with E-state index in [1.165, 1.54) is 0 Å². The van der Waals surface area contributed by atoms with E-state index in [9.17, 15) is 4.79 Å². The fourth-order valence-corrected chi connectivity index (χ4v) is 1.99. The van der Waals surface area contributed by atoms with E-state index >= 15 is 0 Å². The predicted molar refractivity (Wildman–Crippen MR) is 84.6 cm³/mol. The summed E-state index contributed by atoms with van der Waals surface area (Å²) in [5.41, 5.74) is 0.754. The summed E-state index contributed by atoms with van der Waals surface area (Å²) in [4.78, 5) is 12.0. The third-order valence-corrected chi connectivity index (χ3v) is 3.55. The predicted octanol–water partition coefficient (Wildman–Crippen LogP) is 2.02. The monoisotopic (exact) mass is 294 g/mol. The Kier molecular flexibility index (Phi) is 7.19. The average Bonchev–Trinajstić information content (AvgIpc) is 2.46. The molecule has 0 saturated carbocycles. The van der Waals surface area contributed by atoms with Crippen molar-refractivity contribution in [3.8, 4) is 5.75 Å². The van der Waals surface area contributed by atoms with E-state index in [1.54, 1.807) is 7.11 Å². The lowest BCUT2D eigenvalue weighted by Gasteiger charge is -2.23. The van der Waals surface area contributed by atoms with Gasteiger partial charge in [-0.3, -0.25) is 4.79 Å². The molecule has 0 aliphatic rings. The van der Waals surface area contributed by atoms with E-state index in [1.807, 2.05) is 45.0 Å². The number of rotatable bonds is 8. The first-order valence-corrected chi connectivity index (χ1v) is 7.27. The molecule has 0 radical (unpaired) electrons. The maximum atomic E-state index is 12.0. The van der Waals surface area contributed by atoms with E-state index in [0.29, 0.717) is 6.42 Å². The molecule has 1 aromatic rings. The molecule has 3 N–H and O–H groups in total. The van der Waals surface area contributed by atoms with E-state index in [2.05, 4.69) is 10.6 Å². The van der Waals surface area contributed by atoms with Crippen LogP contribution in [0.3, 0.4) is 0 Å². The molecule has 5 nitrogen and oxygen atoms in total. The Hall–Kier alpha value is -1.59. The highest BCUT2D eigenvalue weighted by molar-refractivity contribution is 5.91. The molecule has 0 aliphatic heterocycles. The molecule has 1 rings (SSSR count). The summed E-state index contributed by atoms with van der Waals surface area (Å²) in [6, 6.07) is 7.45. The molecule has 5 heteroatoms. The van der Waals surface area contributed by atoms with Crippen LogP contribution in [-0.2, 0) is 4.79 Å². The lowest BCUT2D eigenvalue weighted by Crippen LogP contribution is -2.41. The van der Waals surface area contributed by atoms with Gasteiger partial charge in [0, 0.05) is 30.8 Å². The molecule has 0 saturated heterocycles. The molecule has 0 aromatic heterocycles. The fourth-order valence-electron chi connectivity index (χ4n) is 1.99. The highest BCUT2D eigenvalue weighted by Crippen LogP contribution is 2.15. The number of carbonyl (C=O) groups is 1. The normalized spacial score (nSPS) is 15.1. The number of aliphatic hydroxyl groups is 1. The molecule has 21 heavy (non-hydrogen) atoms. The Morgan fingerprint density at radius 1 is 1.24 bits per heavy atom. The van der Waals surface area contributed by atoms with E-state index in [4.69, 9.17) is 9.84 Å². The van der Waals surface area contributed by atoms with Gasteiger partial charge in [-0.2, -0.15) is 0 Å².